The fraction of sp³-hybridized carbons (Fsp3) is 0.125. The fourth-order valence-electron chi connectivity index (χ4n) is 2.17. The van der Waals surface area contributed by atoms with Crippen LogP contribution in [0.15, 0.2) is 51.7 Å². The summed E-state index contributed by atoms with van der Waals surface area (Å²) in [7, 11) is -7.30. The number of hydrogen-bond donors (Lipinski definition) is 1. The molecular weight excluding hydrogens is 394 g/mol. The first-order chi connectivity index (χ1) is 12.2. The second-order valence-corrected chi connectivity index (χ2v) is 10.5. The van der Waals surface area contributed by atoms with Crippen molar-refractivity contribution in [2.75, 3.05) is 10.5 Å². The first-order valence-electron chi connectivity index (χ1n) is 7.41. The van der Waals surface area contributed by atoms with Crippen LogP contribution in [0.25, 0.3) is 10.2 Å². The summed E-state index contributed by atoms with van der Waals surface area (Å²) in [4.78, 5) is 4.06. The van der Waals surface area contributed by atoms with Crippen molar-refractivity contribution in [2.45, 2.75) is 16.2 Å². The minimum absolute atomic E-state index is 0.0109. The largest absolute Gasteiger partial charge is 0.280 e. The molecule has 0 aliphatic heterocycles. The van der Waals surface area contributed by atoms with Gasteiger partial charge in [-0.25, -0.2) is 21.8 Å². The Hall–Kier alpha value is -2.48. The van der Waals surface area contributed by atoms with Crippen LogP contribution in [0, 0.1) is 11.3 Å². The molecule has 0 radical (unpaired) electrons. The number of nitrogens with one attached hydrogen (secondary N) is 1. The average molecular weight is 407 g/mol. The summed E-state index contributed by atoms with van der Waals surface area (Å²) in [6.07, 6.45) is 0. The molecule has 0 aliphatic rings. The van der Waals surface area contributed by atoms with E-state index in [1.54, 1.807) is 6.07 Å². The van der Waals surface area contributed by atoms with Gasteiger partial charge in [-0.1, -0.05) is 13.0 Å². The molecule has 7 nitrogen and oxygen atoms in total. The molecule has 0 aliphatic carbocycles. The Labute approximate surface area is 154 Å². The number of thiazole rings is 1. The zero-order valence-electron chi connectivity index (χ0n) is 13.5. The first kappa shape index (κ1) is 18.3. The van der Waals surface area contributed by atoms with Crippen LogP contribution in [0.2, 0.25) is 0 Å². The number of sulfone groups is 1. The van der Waals surface area contributed by atoms with Crippen molar-refractivity contribution in [3.63, 3.8) is 0 Å². The van der Waals surface area contributed by atoms with Crippen molar-refractivity contribution in [3.8, 4) is 6.07 Å². The molecule has 0 bridgehead atoms. The molecule has 0 atom stereocenters. The predicted molar refractivity (Wildman–Crippen MR) is 99.3 cm³/mol. The van der Waals surface area contributed by atoms with Gasteiger partial charge < -0.3 is 0 Å². The Morgan fingerprint density at radius 3 is 2.62 bits per heavy atom. The van der Waals surface area contributed by atoms with E-state index in [-0.39, 0.29) is 26.2 Å². The number of nitrogens with zero attached hydrogens (tertiary/aromatic N) is 2. The first-order valence-corrected chi connectivity index (χ1v) is 11.4. The zero-order chi connectivity index (χ0) is 18.9. The summed E-state index contributed by atoms with van der Waals surface area (Å²) in [6, 6.07) is 12.2. The molecule has 2 aromatic carbocycles. The summed E-state index contributed by atoms with van der Waals surface area (Å²) in [5.41, 5.74) is 1.00. The van der Waals surface area contributed by atoms with Crippen molar-refractivity contribution in [2.24, 2.45) is 0 Å². The number of sulfonamides is 1. The molecule has 3 aromatic rings. The molecule has 0 fully saturated rings. The molecule has 0 saturated heterocycles. The lowest BCUT2D eigenvalue weighted by Gasteiger charge is -2.08. The van der Waals surface area contributed by atoms with Crippen LogP contribution in [-0.4, -0.2) is 27.6 Å². The van der Waals surface area contributed by atoms with Crippen LogP contribution in [0.3, 0.4) is 0 Å². The fourth-order valence-corrected chi connectivity index (χ4v) is 5.62. The van der Waals surface area contributed by atoms with Gasteiger partial charge in [-0.3, -0.25) is 4.72 Å². The SMILES string of the molecule is CCS(=O)(=O)c1nc2ccc(NS(=O)(=O)c3cccc(C#N)c3)cc2s1. The number of fused-ring (bicyclic) bond motifs is 1. The van der Waals surface area contributed by atoms with Crippen molar-refractivity contribution < 1.29 is 16.8 Å². The minimum atomic E-state index is -3.88. The van der Waals surface area contributed by atoms with Gasteiger partial charge in [0.2, 0.25) is 14.2 Å². The van der Waals surface area contributed by atoms with Crippen molar-refractivity contribution in [1.82, 2.24) is 4.98 Å². The summed E-state index contributed by atoms with van der Waals surface area (Å²) in [5.74, 6) is -0.0540. The van der Waals surface area contributed by atoms with E-state index in [2.05, 4.69) is 9.71 Å². The Bertz CT molecular complexity index is 1240. The summed E-state index contributed by atoms with van der Waals surface area (Å²) >= 11 is 0.994. The smallest absolute Gasteiger partial charge is 0.261 e. The van der Waals surface area contributed by atoms with Crippen LogP contribution in [-0.2, 0) is 19.9 Å². The minimum Gasteiger partial charge on any atom is -0.280 e. The van der Waals surface area contributed by atoms with Gasteiger partial charge in [0, 0.05) is 0 Å². The molecule has 0 unspecified atom stereocenters. The molecule has 0 saturated carbocycles. The van der Waals surface area contributed by atoms with Crippen LogP contribution in [0.4, 0.5) is 5.69 Å². The van der Waals surface area contributed by atoms with E-state index in [0.717, 1.165) is 11.3 Å². The van der Waals surface area contributed by atoms with Crippen LogP contribution >= 0.6 is 11.3 Å². The van der Waals surface area contributed by atoms with Gasteiger partial charge in [0.1, 0.15) is 0 Å². The van der Waals surface area contributed by atoms with E-state index in [9.17, 15) is 16.8 Å². The topological polar surface area (TPSA) is 117 Å². The third-order valence-electron chi connectivity index (χ3n) is 3.54. The molecule has 1 aromatic heterocycles. The van der Waals surface area contributed by atoms with Gasteiger partial charge in [-0.2, -0.15) is 5.26 Å². The molecule has 1 N–H and O–H groups in total. The van der Waals surface area contributed by atoms with Gasteiger partial charge in [-0.15, -0.1) is 11.3 Å². The third kappa shape index (κ3) is 3.55. The Morgan fingerprint density at radius 2 is 1.92 bits per heavy atom. The maximum absolute atomic E-state index is 12.5. The number of nitriles is 1. The molecule has 26 heavy (non-hydrogen) atoms. The average Bonchev–Trinajstić information content (AvgIpc) is 3.05. The van der Waals surface area contributed by atoms with Gasteiger partial charge in [0.05, 0.1) is 38.2 Å². The number of benzene rings is 2. The number of anilines is 1. The van der Waals surface area contributed by atoms with E-state index >= 15 is 0 Å². The quantitative estimate of drug-likeness (QED) is 0.695. The lowest BCUT2D eigenvalue weighted by molar-refractivity contribution is 0.596. The highest BCUT2D eigenvalue weighted by Gasteiger charge is 2.19. The van der Waals surface area contributed by atoms with Gasteiger partial charge >= 0.3 is 0 Å². The van der Waals surface area contributed by atoms with Crippen molar-refractivity contribution in [1.29, 1.82) is 5.26 Å². The number of aromatic nitrogens is 1. The molecule has 0 amide bonds. The monoisotopic (exact) mass is 407 g/mol. The summed E-state index contributed by atoms with van der Waals surface area (Å²) in [6.45, 7) is 1.54. The summed E-state index contributed by atoms with van der Waals surface area (Å²) in [5, 5.41) is 8.90. The molecule has 1 heterocycles. The second kappa shape index (κ2) is 6.68. The molecular formula is C16H13N3O4S3. The van der Waals surface area contributed by atoms with Crippen molar-refractivity contribution in [3.05, 3.63) is 48.0 Å². The Kier molecular flexibility index (Phi) is 4.70. The lowest BCUT2D eigenvalue weighted by Crippen LogP contribution is -2.12. The Morgan fingerprint density at radius 1 is 1.15 bits per heavy atom. The second-order valence-electron chi connectivity index (χ2n) is 5.31. The molecule has 3 rings (SSSR count). The highest BCUT2D eigenvalue weighted by molar-refractivity contribution is 7.93. The molecule has 134 valence electrons. The van der Waals surface area contributed by atoms with Gasteiger partial charge in [0.25, 0.3) is 10.0 Å². The highest BCUT2D eigenvalue weighted by atomic mass is 32.2. The maximum Gasteiger partial charge on any atom is 0.261 e. The van der Waals surface area contributed by atoms with Crippen LogP contribution in [0.5, 0.6) is 0 Å². The van der Waals surface area contributed by atoms with E-state index in [4.69, 9.17) is 5.26 Å². The number of hydrogen-bond acceptors (Lipinski definition) is 7. The van der Waals surface area contributed by atoms with Crippen LogP contribution < -0.4 is 4.72 Å². The van der Waals surface area contributed by atoms with E-state index < -0.39 is 19.9 Å². The molecule has 10 heteroatoms. The Balaban J connectivity index is 1.97. The van der Waals surface area contributed by atoms with Crippen LogP contribution in [0.1, 0.15) is 12.5 Å². The summed E-state index contributed by atoms with van der Waals surface area (Å²) < 4.78 is 51.9. The van der Waals surface area contributed by atoms with Gasteiger partial charge in [0.15, 0.2) is 0 Å². The molecule has 0 spiro atoms. The van der Waals surface area contributed by atoms with E-state index in [0.29, 0.717) is 10.2 Å². The standard InChI is InChI=1S/C16H13N3O4S3/c1-2-25(20,21)16-18-14-7-6-12(9-15(14)24-16)19-26(22,23)13-5-3-4-11(8-13)10-17/h3-9,19H,2H2,1H3. The normalized spacial score (nSPS) is 12.0. The number of rotatable bonds is 5. The van der Waals surface area contributed by atoms with E-state index in [1.165, 1.54) is 43.3 Å². The van der Waals surface area contributed by atoms with E-state index in [1.807, 2.05) is 6.07 Å². The third-order valence-corrected chi connectivity index (χ3v) is 8.13. The van der Waals surface area contributed by atoms with Crippen molar-refractivity contribution >= 4 is 47.1 Å². The zero-order valence-corrected chi connectivity index (χ0v) is 16.0. The predicted octanol–water partition coefficient (Wildman–Crippen LogP) is 2.76. The van der Waals surface area contributed by atoms with Gasteiger partial charge in [-0.05, 0) is 36.4 Å². The maximum atomic E-state index is 12.5. The highest BCUT2D eigenvalue weighted by Crippen LogP contribution is 2.29. The lowest BCUT2D eigenvalue weighted by atomic mass is 10.2.